The molecule has 2 aliphatic rings. The number of aromatic nitrogens is 2. The molecule has 0 aliphatic carbocycles. The van der Waals surface area contributed by atoms with Gasteiger partial charge in [0.15, 0.2) is 12.1 Å². The second-order valence-electron chi connectivity index (χ2n) is 7.50. The number of aryl methyl sites for hydroxylation is 1. The molecule has 1 aromatic rings. The molecule has 0 saturated carbocycles. The molecule has 186 valence electrons. The summed E-state index contributed by atoms with van der Waals surface area (Å²) in [6.07, 6.45) is -4.96. The van der Waals surface area contributed by atoms with Crippen LogP contribution in [0.25, 0.3) is 0 Å². The lowest BCUT2D eigenvalue weighted by molar-refractivity contribution is -0.260. The maximum atomic E-state index is 12.0. The molecule has 7 atom stereocenters. The first kappa shape index (κ1) is 26.1. The van der Waals surface area contributed by atoms with Crippen molar-refractivity contribution in [1.82, 2.24) is 9.55 Å². The van der Waals surface area contributed by atoms with Crippen LogP contribution in [0.3, 0.4) is 0 Å². The minimum atomic E-state index is -5.48. The van der Waals surface area contributed by atoms with Gasteiger partial charge in [-0.2, -0.15) is 0 Å². The number of carbonyl (C=O) groups excluding carboxylic acids is 1. The summed E-state index contributed by atoms with van der Waals surface area (Å²) < 4.78 is 48.4. The van der Waals surface area contributed by atoms with E-state index in [2.05, 4.69) is 18.3 Å². The minimum Gasteiger partial charge on any atom is -0.756 e. The van der Waals surface area contributed by atoms with Gasteiger partial charge in [0.05, 0.1) is 12.7 Å². The number of aromatic amines is 1. The van der Waals surface area contributed by atoms with E-state index in [9.17, 15) is 38.4 Å². The van der Waals surface area contributed by atoms with E-state index in [1.165, 1.54) is 20.0 Å². The zero-order chi connectivity index (χ0) is 24.6. The number of nitrogens with one attached hydrogen (secondary N) is 1. The Morgan fingerprint density at radius 3 is 2.61 bits per heavy atom. The molecule has 2 N–H and O–H groups in total. The van der Waals surface area contributed by atoms with Gasteiger partial charge in [0.2, 0.25) is 0 Å². The Kier molecular flexibility index (Phi) is 7.91. The third-order valence-electron chi connectivity index (χ3n) is 4.94. The summed E-state index contributed by atoms with van der Waals surface area (Å²) in [5, 5.41) is 10.1. The molecule has 33 heavy (non-hydrogen) atoms. The van der Waals surface area contributed by atoms with Crippen molar-refractivity contribution >= 4 is 21.4 Å². The molecule has 0 aromatic carbocycles. The van der Waals surface area contributed by atoms with Crippen molar-refractivity contribution in [2.75, 3.05) is 6.61 Å². The lowest BCUT2D eigenvalue weighted by atomic mass is 10.1. The number of carbonyl (C=O) groups is 1. The van der Waals surface area contributed by atoms with Gasteiger partial charge in [0, 0.05) is 31.0 Å². The number of hydrogen-bond donors (Lipinski definition) is 2. The fourth-order valence-electron chi connectivity index (χ4n) is 3.22. The first-order valence-corrected chi connectivity index (χ1v) is 12.7. The van der Waals surface area contributed by atoms with Crippen LogP contribution < -0.4 is 21.0 Å². The van der Waals surface area contributed by atoms with E-state index < -0.39 is 64.3 Å². The smallest absolute Gasteiger partial charge is 0.330 e. The summed E-state index contributed by atoms with van der Waals surface area (Å²) in [5.41, 5.74) is -1.19. The second kappa shape index (κ2) is 10.0. The third-order valence-corrected chi connectivity index (χ3v) is 7.50. The molecule has 0 spiro atoms. The molecule has 2 aliphatic heterocycles. The number of aliphatic hydroxyl groups excluding tert-OH is 1. The van der Waals surface area contributed by atoms with E-state index >= 15 is 0 Å². The van der Waals surface area contributed by atoms with Gasteiger partial charge in [0.1, 0.15) is 18.4 Å². The molecular formula is C16H22N2O13P2-2. The molecule has 3 heterocycles. The third kappa shape index (κ3) is 6.76. The van der Waals surface area contributed by atoms with Crippen molar-refractivity contribution in [3.8, 4) is 0 Å². The Morgan fingerprint density at radius 1 is 1.24 bits per heavy atom. The zero-order valence-electron chi connectivity index (χ0n) is 17.5. The number of hydrogen-bond acceptors (Lipinski definition) is 13. The highest BCUT2D eigenvalue weighted by molar-refractivity contribution is 7.59. The topological polar surface area (TPSA) is 219 Å². The molecule has 0 amide bonds. The first-order chi connectivity index (χ1) is 15.3. The van der Waals surface area contributed by atoms with Crippen molar-refractivity contribution in [2.45, 2.75) is 63.9 Å². The lowest BCUT2D eigenvalue weighted by Gasteiger charge is -2.35. The summed E-state index contributed by atoms with van der Waals surface area (Å²) >= 11 is 0. The number of ketones is 1. The van der Waals surface area contributed by atoms with Gasteiger partial charge in [0.25, 0.3) is 21.2 Å². The predicted molar refractivity (Wildman–Crippen MR) is 103 cm³/mol. The first-order valence-electron chi connectivity index (χ1n) is 9.76. The van der Waals surface area contributed by atoms with Crippen LogP contribution in [-0.2, 0) is 36.8 Å². The van der Waals surface area contributed by atoms with E-state index in [4.69, 9.17) is 9.47 Å². The lowest BCUT2D eigenvalue weighted by Crippen LogP contribution is -2.35. The van der Waals surface area contributed by atoms with Crippen molar-refractivity contribution < 1.29 is 51.6 Å². The average molecular weight is 512 g/mol. The number of aliphatic hydroxyl groups is 1. The fourth-order valence-corrected chi connectivity index (χ4v) is 5.32. The maximum absolute atomic E-state index is 12.0. The Morgan fingerprint density at radius 2 is 1.94 bits per heavy atom. The molecule has 15 nitrogen and oxygen atoms in total. The number of Topliss-reactive ketones (excluding diaryl/α,β-unsaturated/α-hetero) is 1. The van der Waals surface area contributed by atoms with Crippen molar-refractivity contribution in [1.29, 1.82) is 0 Å². The van der Waals surface area contributed by atoms with Crippen LogP contribution in [0.15, 0.2) is 15.8 Å². The molecule has 2 saturated heterocycles. The van der Waals surface area contributed by atoms with Crippen LogP contribution in [0.5, 0.6) is 0 Å². The van der Waals surface area contributed by atoms with Gasteiger partial charge < -0.3 is 28.9 Å². The molecule has 2 unspecified atom stereocenters. The molecule has 2 fully saturated rings. The highest BCUT2D eigenvalue weighted by atomic mass is 31.3. The van der Waals surface area contributed by atoms with E-state index in [0.717, 1.165) is 4.57 Å². The standard InChI is InChI=1S/C16H24N2O13P2/c1-8-6-18(16(22)17-15(8)21)13-5-11(20)12(29-13)7-27-32(23,24)31-33(25,26)30-14-4-3-10(19)9(2)28-14/h6,9,11-14,20H,3-5,7H2,1-2H3,(H,23,24)(H,25,26)(H,17,21,22)/p-2/t9-,11+,12-,13-,14-/m1/s1. The number of rotatable bonds is 8. The quantitative estimate of drug-likeness (QED) is 0.382. The van der Waals surface area contributed by atoms with Crippen LogP contribution >= 0.6 is 15.6 Å². The van der Waals surface area contributed by atoms with Crippen LogP contribution in [0.1, 0.15) is 38.0 Å². The summed E-state index contributed by atoms with van der Waals surface area (Å²) in [6.45, 7) is 2.01. The summed E-state index contributed by atoms with van der Waals surface area (Å²) in [5.74, 6) is -0.262. The van der Waals surface area contributed by atoms with Gasteiger partial charge in [-0.3, -0.25) is 32.8 Å². The predicted octanol–water partition coefficient (Wildman–Crippen LogP) is -1.43. The van der Waals surface area contributed by atoms with Gasteiger partial charge in [-0.1, -0.05) is 0 Å². The normalized spacial score (nSPS) is 31.8. The molecule has 0 radical (unpaired) electrons. The fraction of sp³-hybridized carbons (Fsp3) is 0.688. The van der Waals surface area contributed by atoms with E-state index in [1.54, 1.807) is 0 Å². The Labute approximate surface area is 186 Å². The number of ether oxygens (including phenoxy) is 2. The van der Waals surface area contributed by atoms with Gasteiger partial charge in [-0.25, -0.2) is 9.11 Å². The molecule has 1 aromatic heterocycles. The highest BCUT2D eigenvalue weighted by Gasteiger charge is 2.37. The molecular weight excluding hydrogens is 490 g/mol. The SMILES string of the molecule is Cc1cn([C@H]2C[C@H](O)[C@@H](COP(=O)([O-])OP(=O)([O-])O[C@@H]3CCC(=O)[C@@H](C)O3)O2)c(=O)[nH]c1=O. The van der Waals surface area contributed by atoms with Crippen molar-refractivity contribution in [3.63, 3.8) is 0 Å². The summed E-state index contributed by atoms with van der Waals surface area (Å²) in [6, 6.07) is 0. The monoisotopic (exact) mass is 512 g/mol. The van der Waals surface area contributed by atoms with Gasteiger partial charge in [-0.05, 0) is 13.8 Å². The summed E-state index contributed by atoms with van der Waals surface area (Å²) in [7, 11) is -10.9. The van der Waals surface area contributed by atoms with E-state index in [0.29, 0.717) is 0 Å². The number of H-pyrrole nitrogens is 1. The molecule has 3 rings (SSSR count). The average Bonchev–Trinajstić information content (AvgIpc) is 3.05. The number of phosphoric acid groups is 2. The number of nitrogens with zero attached hydrogens (tertiary/aromatic N) is 1. The Bertz CT molecular complexity index is 1100. The molecule has 0 bridgehead atoms. The van der Waals surface area contributed by atoms with Crippen molar-refractivity contribution in [3.05, 3.63) is 32.6 Å². The Balaban J connectivity index is 1.56. The van der Waals surface area contributed by atoms with Crippen LogP contribution in [0, 0.1) is 6.92 Å². The number of phosphoric ester groups is 2. The Hall–Kier alpha value is -1.51. The minimum absolute atomic E-state index is 0.0205. The zero-order valence-corrected chi connectivity index (χ0v) is 19.3. The van der Waals surface area contributed by atoms with Crippen LogP contribution in [-0.4, -0.2) is 51.6 Å². The largest absolute Gasteiger partial charge is 0.756 e. The molecule has 17 heteroatoms. The van der Waals surface area contributed by atoms with Gasteiger partial charge in [-0.15, -0.1) is 0 Å². The van der Waals surface area contributed by atoms with Crippen molar-refractivity contribution in [2.24, 2.45) is 0 Å². The van der Waals surface area contributed by atoms with Crippen LogP contribution in [0.4, 0.5) is 0 Å². The van der Waals surface area contributed by atoms with Gasteiger partial charge >= 0.3 is 5.69 Å². The van der Waals surface area contributed by atoms with E-state index in [1.807, 2.05) is 0 Å². The van der Waals surface area contributed by atoms with Crippen LogP contribution in [0.2, 0.25) is 0 Å². The van der Waals surface area contributed by atoms with E-state index in [-0.39, 0.29) is 30.6 Å². The summed E-state index contributed by atoms with van der Waals surface area (Å²) in [4.78, 5) is 60.8. The maximum Gasteiger partial charge on any atom is 0.330 e. The highest BCUT2D eigenvalue weighted by Crippen LogP contribution is 2.56. The second-order valence-corrected chi connectivity index (χ2v) is 10.4.